The van der Waals surface area contributed by atoms with Crippen LogP contribution in [0.25, 0.3) is 22.1 Å². The lowest BCUT2D eigenvalue weighted by Crippen LogP contribution is -2.22. The number of hydrogen-bond donors (Lipinski definition) is 2. The lowest BCUT2D eigenvalue weighted by molar-refractivity contribution is 0.0951. The van der Waals surface area contributed by atoms with Crippen LogP contribution in [0.1, 0.15) is 33.1 Å². The number of imidazole rings is 1. The van der Waals surface area contributed by atoms with Crippen molar-refractivity contribution in [2.24, 2.45) is 0 Å². The Balaban J connectivity index is 1.53. The van der Waals surface area contributed by atoms with Crippen molar-refractivity contribution >= 4 is 28.0 Å². The highest BCUT2D eigenvalue weighted by molar-refractivity contribution is 5.97. The van der Waals surface area contributed by atoms with Crippen molar-refractivity contribution in [1.82, 2.24) is 25.3 Å². The van der Waals surface area contributed by atoms with E-state index in [1.54, 1.807) is 12.1 Å². The van der Waals surface area contributed by atoms with Crippen molar-refractivity contribution in [2.45, 2.75) is 27.3 Å². The molecule has 0 fully saturated rings. The van der Waals surface area contributed by atoms with Crippen molar-refractivity contribution in [3.63, 3.8) is 0 Å². The number of carbonyl (C=O) groups is 1. The maximum atomic E-state index is 12.5. The van der Waals surface area contributed by atoms with Crippen LogP contribution in [-0.4, -0.2) is 25.8 Å². The summed E-state index contributed by atoms with van der Waals surface area (Å²) in [6.07, 6.45) is 0. The summed E-state index contributed by atoms with van der Waals surface area (Å²) in [7, 11) is 0. The van der Waals surface area contributed by atoms with Gasteiger partial charge in [0.1, 0.15) is 5.82 Å². The van der Waals surface area contributed by atoms with E-state index < -0.39 is 0 Å². The fraction of sp³-hybridized carbons (Fsp3) is 0.200. The van der Waals surface area contributed by atoms with Crippen molar-refractivity contribution in [3.8, 4) is 0 Å². The van der Waals surface area contributed by atoms with Gasteiger partial charge in [0.2, 0.25) is 0 Å². The van der Waals surface area contributed by atoms with Crippen LogP contribution >= 0.6 is 0 Å². The molecule has 0 spiro atoms. The molecule has 0 aliphatic heterocycles. The minimum absolute atomic E-state index is 0.132. The Morgan fingerprint density at radius 2 is 1.65 bits per heavy atom. The molecule has 4 aromatic rings. The van der Waals surface area contributed by atoms with Crippen LogP contribution in [0.3, 0.4) is 0 Å². The van der Waals surface area contributed by atoms with Crippen LogP contribution in [0.2, 0.25) is 0 Å². The van der Waals surface area contributed by atoms with E-state index in [-0.39, 0.29) is 5.91 Å². The molecule has 6 nitrogen and oxygen atoms in total. The number of rotatable bonds is 3. The zero-order valence-electron chi connectivity index (χ0n) is 14.9. The number of benzene rings is 2. The summed E-state index contributed by atoms with van der Waals surface area (Å²) < 4.78 is 0. The molecule has 2 aromatic carbocycles. The maximum Gasteiger partial charge on any atom is 0.251 e. The molecule has 2 heterocycles. The summed E-state index contributed by atoms with van der Waals surface area (Å²) in [5, 5.41) is 2.96. The van der Waals surface area contributed by atoms with Gasteiger partial charge in [-0.25, -0.2) is 15.0 Å². The van der Waals surface area contributed by atoms with Crippen molar-refractivity contribution in [1.29, 1.82) is 0 Å². The smallest absolute Gasteiger partial charge is 0.251 e. The SMILES string of the molecule is Cc1nc2ccc(CNC(=O)c3ccc4nc(C)c(C)nc4c3)cc2[nH]1. The van der Waals surface area contributed by atoms with Gasteiger partial charge < -0.3 is 10.3 Å². The predicted octanol–water partition coefficient (Wildman–Crippen LogP) is 3.36. The van der Waals surface area contributed by atoms with Crippen LogP contribution < -0.4 is 5.32 Å². The Morgan fingerprint density at radius 3 is 2.46 bits per heavy atom. The van der Waals surface area contributed by atoms with Gasteiger partial charge in [-0.1, -0.05) is 6.07 Å². The topological polar surface area (TPSA) is 83.6 Å². The molecule has 0 radical (unpaired) electrons. The van der Waals surface area contributed by atoms with E-state index in [0.29, 0.717) is 12.1 Å². The van der Waals surface area contributed by atoms with Gasteiger partial charge in [0, 0.05) is 12.1 Å². The Hall–Kier alpha value is -3.28. The Bertz CT molecular complexity index is 1150. The van der Waals surface area contributed by atoms with E-state index in [0.717, 1.165) is 44.8 Å². The molecule has 1 amide bonds. The molecule has 2 aromatic heterocycles. The van der Waals surface area contributed by atoms with Gasteiger partial charge in [0.05, 0.1) is 33.5 Å². The van der Waals surface area contributed by atoms with E-state index in [9.17, 15) is 4.79 Å². The first kappa shape index (κ1) is 16.2. The highest BCUT2D eigenvalue weighted by Crippen LogP contribution is 2.16. The average Bonchev–Trinajstić information content (AvgIpc) is 2.99. The van der Waals surface area contributed by atoms with E-state index >= 15 is 0 Å². The van der Waals surface area contributed by atoms with Gasteiger partial charge in [-0.15, -0.1) is 0 Å². The molecule has 4 rings (SSSR count). The minimum Gasteiger partial charge on any atom is -0.348 e. The molecule has 2 N–H and O–H groups in total. The standard InChI is InChI=1S/C20H19N5O/c1-11-12(2)23-19-9-15(5-7-16(19)22-11)20(26)21-10-14-4-6-17-18(8-14)25-13(3)24-17/h4-9H,10H2,1-3H3,(H,21,26)(H,24,25). The molecule has 0 unspecified atom stereocenters. The first-order valence-electron chi connectivity index (χ1n) is 8.48. The molecule has 0 bridgehead atoms. The third kappa shape index (κ3) is 3.01. The molecule has 130 valence electrons. The lowest BCUT2D eigenvalue weighted by atomic mass is 10.1. The summed E-state index contributed by atoms with van der Waals surface area (Å²) in [6, 6.07) is 11.3. The second kappa shape index (κ2) is 6.22. The quantitative estimate of drug-likeness (QED) is 0.596. The number of carbonyl (C=O) groups excluding carboxylic acids is 1. The van der Waals surface area contributed by atoms with Crippen molar-refractivity contribution < 1.29 is 4.79 Å². The van der Waals surface area contributed by atoms with E-state index in [1.807, 2.05) is 45.0 Å². The van der Waals surface area contributed by atoms with E-state index in [4.69, 9.17) is 0 Å². The number of amides is 1. The van der Waals surface area contributed by atoms with Crippen LogP contribution in [-0.2, 0) is 6.54 Å². The predicted molar refractivity (Wildman–Crippen MR) is 101 cm³/mol. The monoisotopic (exact) mass is 345 g/mol. The number of H-pyrrole nitrogens is 1. The molecule has 6 heteroatoms. The second-order valence-electron chi connectivity index (χ2n) is 6.45. The zero-order valence-corrected chi connectivity index (χ0v) is 14.9. The average molecular weight is 345 g/mol. The maximum absolute atomic E-state index is 12.5. The molecule has 0 atom stereocenters. The van der Waals surface area contributed by atoms with Crippen molar-refractivity contribution in [3.05, 3.63) is 64.7 Å². The van der Waals surface area contributed by atoms with Gasteiger partial charge in [-0.3, -0.25) is 4.79 Å². The van der Waals surface area contributed by atoms with Gasteiger partial charge in [-0.2, -0.15) is 0 Å². The summed E-state index contributed by atoms with van der Waals surface area (Å²) in [4.78, 5) is 29.1. The Labute approximate surface area is 150 Å². The third-order valence-electron chi connectivity index (χ3n) is 4.46. The normalized spacial score (nSPS) is 11.2. The summed E-state index contributed by atoms with van der Waals surface area (Å²) in [5.41, 5.74) is 6.80. The summed E-state index contributed by atoms with van der Waals surface area (Å²) in [5.74, 6) is 0.747. The minimum atomic E-state index is -0.132. The molecule has 0 saturated heterocycles. The van der Waals surface area contributed by atoms with Crippen LogP contribution in [0.4, 0.5) is 0 Å². The number of nitrogens with zero attached hydrogens (tertiary/aromatic N) is 3. The highest BCUT2D eigenvalue weighted by Gasteiger charge is 2.09. The summed E-state index contributed by atoms with van der Waals surface area (Å²) >= 11 is 0. The highest BCUT2D eigenvalue weighted by atomic mass is 16.1. The first-order valence-corrected chi connectivity index (χ1v) is 8.48. The van der Waals surface area contributed by atoms with Gasteiger partial charge >= 0.3 is 0 Å². The molecular weight excluding hydrogens is 326 g/mol. The Kier molecular flexibility index (Phi) is 3.88. The van der Waals surface area contributed by atoms with Crippen LogP contribution in [0, 0.1) is 20.8 Å². The number of fused-ring (bicyclic) bond motifs is 2. The van der Waals surface area contributed by atoms with Gasteiger partial charge in [-0.05, 0) is 56.7 Å². The number of aryl methyl sites for hydroxylation is 3. The second-order valence-corrected chi connectivity index (χ2v) is 6.45. The van der Waals surface area contributed by atoms with E-state index in [1.165, 1.54) is 0 Å². The zero-order chi connectivity index (χ0) is 18.3. The lowest BCUT2D eigenvalue weighted by Gasteiger charge is -2.07. The van der Waals surface area contributed by atoms with Gasteiger partial charge in [0.15, 0.2) is 0 Å². The Morgan fingerprint density at radius 1 is 0.923 bits per heavy atom. The number of hydrogen-bond acceptors (Lipinski definition) is 4. The van der Waals surface area contributed by atoms with Crippen molar-refractivity contribution in [2.75, 3.05) is 0 Å². The first-order chi connectivity index (χ1) is 12.5. The molecule has 26 heavy (non-hydrogen) atoms. The van der Waals surface area contributed by atoms with Crippen LogP contribution in [0.5, 0.6) is 0 Å². The third-order valence-corrected chi connectivity index (χ3v) is 4.46. The molecule has 0 saturated carbocycles. The molecule has 0 aliphatic rings. The van der Waals surface area contributed by atoms with Crippen LogP contribution in [0.15, 0.2) is 36.4 Å². The fourth-order valence-electron chi connectivity index (χ4n) is 2.95. The van der Waals surface area contributed by atoms with E-state index in [2.05, 4.69) is 25.3 Å². The van der Waals surface area contributed by atoms with Gasteiger partial charge in [0.25, 0.3) is 5.91 Å². The largest absolute Gasteiger partial charge is 0.348 e. The fourth-order valence-corrected chi connectivity index (χ4v) is 2.95. The number of aromatic amines is 1. The number of aromatic nitrogens is 4. The summed E-state index contributed by atoms with van der Waals surface area (Å²) in [6.45, 7) is 6.22. The number of nitrogens with one attached hydrogen (secondary N) is 2. The molecular formula is C20H19N5O. The molecule has 0 aliphatic carbocycles.